The quantitative estimate of drug-likeness (QED) is 0.616. The van der Waals surface area contributed by atoms with Crippen molar-refractivity contribution >= 4 is 5.96 Å². The minimum Gasteiger partial charge on any atom is -0.496 e. The highest BCUT2D eigenvalue weighted by Gasteiger charge is 2.11. The number of guanidine groups is 1. The first-order valence-electron chi connectivity index (χ1n) is 6.49. The van der Waals surface area contributed by atoms with E-state index in [1.165, 1.54) is 5.56 Å². The standard InChI is InChI=1S/C15H25N3O/c1-12(11-16-15(17(2)3)18(4)5)13-9-7-8-10-14(13)19-6/h7-10,12H,11H2,1-6H3/t12-/m0/s1. The van der Waals surface area contributed by atoms with Gasteiger partial charge in [-0.15, -0.1) is 0 Å². The first kappa shape index (κ1) is 15.3. The number of rotatable bonds is 4. The predicted octanol–water partition coefficient (Wildman–Crippen LogP) is 2.28. The third kappa shape index (κ3) is 4.16. The second kappa shape index (κ2) is 7.02. The summed E-state index contributed by atoms with van der Waals surface area (Å²) in [7, 11) is 9.73. The van der Waals surface area contributed by atoms with Crippen LogP contribution in [0.3, 0.4) is 0 Å². The van der Waals surface area contributed by atoms with Crippen LogP contribution >= 0.6 is 0 Å². The Bertz CT molecular complexity index is 417. The van der Waals surface area contributed by atoms with Gasteiger partial charge in [-0.3, -0.25) is 4.99 Å². The van der Waals surface area contributed by atoms with Gasteiger partial charge in [0.15, 0.2) is 5.96 Å². The number of benzene rings is 1. The summed E-state index contributed by atoms with van der Waals surface area (Å²) >= 11 is 0. The summed E-state index contributed by atoms with van der Waals surface area (Å²) in [6.45, 7) is 2.91. The molecule has 0 fully saturated rings. The summed E-state index contributed by atoms with van der Waals surface area (Å²) in [5.41, 5.74) is 1.20. The van der Waals surface area contributed by atoms with Crippen molar-refractivity contribution in [3.05, 3.63) is 29.8 Å². The number of hydrogen-bond donors (Lipinski definition) is 0. The topological polar surface area (TPSA) is 28.1 Å². The van der Waals surface area contributed by atoms with Crippen molar-refractivity contribution in [2.75, 3.05) is 41.8 Å². The van der Waals surface area contributed by atoms with Crippen LogP contribution in [0.5, 0.6) is 5.75 Å². The van der Waals surface area contributed by atoms with Gasteiger partial charge in [-0.2, -0.15) is 0 Å². The van der Waals surface area contributed by atoms with Crippen molar-refractivity contribution in [2.24, 2.45) is 4.99 Å². The van der Waals surface area contributed by atoms with E-state index in [0.717, 1.165) is 18.3 Å². The molecular formula is C15H25N3O. The van der Waals surface area contributed by atoms with Crippen molar-refractivity contribution < 1.29 is 4.74 Å². The zero-order valence-electron chi connectivity index (χ0n) is 12.8. The minimum atomic E-state index is 0.325. The van der Waals surface area contributed by atoms with E-state index in [4.69, 9.17) is 4.74 Å². The molecule has 1 aromatic rings. The third-order valence-electron chi connectivity index (χ3n) is 2.98. The van der Waals surface area contributed by atoms with Crippen molar-refractivity contribution in [1.82, 2.24) is 9.80 Å². The van der Waals surface area contributed by atoms with Gasteiger partial charge in [0.05, 0.1) is 7.11 Å². The van der Waals surface area contributed by atoms with Gasteiger partial charge in [0.1, 0.15) is 5.75 Å². The predicted molar refractivity (Wildman–Crippen MR) is 81.1 cm³/mol. The second-order valence-corrected chi connectivity index (χ2v) is 5.07. The lowest BCUT2D eigenvalue weighted by molar-refractivity contribution is 0.406. The molecule has 1 rings (SSSR count). The fourth-order valence-electron chi connectivity index (χ4n) is 2.07. The summed E-state index contributed by atoms with van der Waals surface area (Å²) in [6, 6.07) is 8.12. The number of aliphatic imine (C=N–C) groups is 1. The number of methoxy groups -OCH3 is 1. The van der Waals surface area contributed by atoms with E-state index in [2.05, 4.69) is 18.0 Å². The van der Waals surface area contributed by atoms with E-state index in [-0.39, 0.29) is 0 Å². The molecule has 0 saturated carbocycles. The van der Waals surface area contributed by atoms with Crippen molar-refractivity contribution in [3.63, 3.8) is 0 Å². The minimum absolute atomic E-state index is 0.325. The summed E-state index contributed by atoms with van der Waals surface area (Å²) in [4.78, 5) is 8.73. The molecule has 0 heterocycles. The molecule has 0 bridgehead atoms. The molecule has 0 amide bonds. The van der Waals surface area contributed by atoms with Gasteiger partial charge in [-0.1, -0.05) is 25.1 Å². The Morgan fingerprint density at radius 2 is 1.74 bits per heavy atom. The molecule has 1 aromatic carbocycles. The second-order valence-electron chi connectivity index (χ2n) is 5.07. The monoisotopic (exact) mass is 263 g/mol. The maximum Gasteiger partial charge on any atom is 0.195 e. The number of nitrogens with zero attached hydrogens (tertiary/aromatic N) is 3. The molecule has 0 aliphatic rings. The van der Waals surface area contributed by atoms with E-state index in [0.29, 0.717) is 5.92 Å². The molecule has 4 nitrogen and oxygen atoms in total. The molecule has 0 N–H and O–H groups in total. The lowest BCUT2D eigenvalue weighted by Crippen LogP contribution is -2.35. The van der Waals surface area contributed by atoms with Crippen LogP contribution in [-0.4, -0.2) is 57.6 Å². The van der Waals surface area contributed by atoms with Crippen LogP contribution in [0, 0.1) is 0 Å². The zero-order chi connectivity index (χ0) is 14.4. The van der Waals surface area contributed by atoms with Crippen LogP contribution in [0.25, 0.3) is 0 Å². The molecule has 1 atom stereocenters. The van der Waals surface area contributed by atoms with Gasteiger partial charge in [-0.25, -0.2) is 0 Å². The van der Waals surface area contributed by atoms with E-state index in [1.807, 2.05) is 56.2 Å². The molecule has 0 spiro atoms. The Balaban J connectivity index is 2.84. The lowest BCUT2D eigenvalue weighted by Gasteiger charge is -2.23. The molecule has 19 heavy (non-hydrogen) atoms. The molecule has 0 aliphatic carbocycles. The normalized spacial score (nSPS) is 11.7. The van der Waals surface area contributed by atoms with Gasteiger partial charge in [0.2, 0.25) is 0 Å². The van der Waals surface area contributed by atoms with E-state index in [1.54, 1.807) is 7.11 Å². The Labute approximate surface area is 116 Å². The summed E-state index contributed by atoms with van der Waals surface area (Å²) in [5.74, 6) is 2.23. The molecule has 4 heteroatoms. The van der Waals surface area contributed by atoms with E-state index < -0.39 is 0 Å². The Morgan fingerprint density at radius 1 is 1.16 bits per heavy atom. The number of ether oxygens (including phenoxy) is 1. The van der Waals surface area contributed by atoms with Crippen LogP contribution < -0.4 is 4.74 Å². The highest BCUT2D eigenvalue weighted by atomic mass is 16.5. The summed E-state index contributed by atoms with van der Waals surface area (Å²) in [5, 5.41) is 0. The van der Waals surface area contributed by atoms with E-state index in [9.17, 15) is 0 Å². The van der Waals surface area contributed by atoms with Crippen LogP contribution in [0.4, 0.5) is 0 Å². The van der Waals surface area contributed by atoms with Crippen LogP contribution in [0.15, 0.2) is 29.3 Å². The van der Waals surface area contributed by atoms with Crippen LogP contribution in [0.2, 0.25) is 0 Å². The van der Waals surface area contributed by atoms with Gasteiger partial charge in [0.25, 0.3) is 0 Å². The number of para-hydroxylation sites is 1. The zero-order valence-corrected chi connectivity index (χ0v) is 12.8. The van der Waals surface area contributed by atoms with Gasteiger partial charge in [0, 0.05) is 40.7 Å². The molecule has 0 aromatic heterocycles. The van der Waals surface area contributed by atoms with Crippen molar-refractivity contribution in [3.8, 4) is 5.75 Å². The first-order valence-corrected chi connectivity index (χ1v) is 6.49. The highest BCUT2D eigenvalue weighted by molar-refractivity contribution is 5.79. The number of hydrogen-bond acceptors (Lipinski definition) is 2. The van der Waals surface area contributed by atoms with Gasteiger partial charge in [-0.05, 0) is 11.6 Å². The van der Waals surface area contributed by atoms with Crippen LogP contribution in [-0.2, 0) is 0 Å². The third-order valence-corrected chi connectivity index (χ3v) is 2.98. The lowest BCUT2D eigenvalue weighted by atomic mass is 10.0. The molecule has 0 saturated heterocycles. The Kier molecular flexibility index (Phi) is 5.67. The fraction of sp³-hybridized carbons (Fsp3) is 0.533. The molecule has 106 valence electrons. The SMILES string of the molecule is COc1ccccc1[C@@H](C)CN=C(N(C)C)N(C)C. The summed E-state index contributed by atoms with van der Waals surface area (Å²) in [6.07, 6.45) is 0. The highest BCUT2D eigenvalue weighted by Crippen LogP contribution is 2.26. The maximum absolute atomic E-state index is 5.40. The smallest absolute Gasteiger partial charge is 0.195 e. The Hall–Kier alpha value is -1.71. The van der Waals surface area contributed by atoms with Crippen molar-refractivity contribution in [2.45, 2.75) is 12.8 Å². The summed E-state index contributed by atoms with van der Waals surface area (Å²) < 4.78 is 5.40. The molecular weight excluding hydrogens is 238 g/mol. The first-order chi connectivity index (χ1) is 8.97. The molecule has 0 radical (unpaired) electrons. The maximum atomic E-state index is 5.40. The molecule has 0 unspecified atom stereocenters. The van der Waals surface area contributed by atoms with Crippen LogP contribution in [0.1, 0.15) is 18.4 Å². The largest absolute Gasteiger partial charge is 0.496 e. The van der Waals surface area contributed by atoms with Gasteiger partial charge >= 0.3 is 0 Å². The van der Waals surface area contributed by atoms with Gasteiger partial charge < -0.3 is 14.5 Å². The van der Waals surface area contributed by atoms with E-state index >= 15 is 0 Å². The Morgan fingerprint density at radius 3 is 2.26 bits per heavy atom. The average Bonchev–Trinajstić information content (AvgIpc) is 2.37. The van der Waals surface area contributed by atoms with Crippen molar-refractivity contribution in [1.29, 1.82) is 0 Å². The fourth-order valence-corrected chi connectivity index (χ4v) is 2.07. The molecule has 0 aliphatic heterocycles. The average molecular weight is 263 g/mol.